The Kier molecular flexibility index (Phi) is 6.80. The second-order valence-electron chi connectivity index (χ2n) is 4.33. The van der Waals surface area contributed by atoms with E-state index in [0.717, 1.165) is 26.2 Å². The van der Waals surface area contributed by atoms with E-state index in [9.17, 15) is 0 Å². The van der Waals surface area contributed by atoms with E-state index in [1.165, 1.54) is 0 Å². The van der Waals surface area contributed by atoms with Crippen molar-refractivity contribution in [3.8, 4) is 6.01 Å². The first-order valence-corrected chi connectivity index (χ1v) is 6.97. The van der Waals surface area contributed by atoms with Crippen LogP contribution in [0.25, 0.3) is 0 Å². The number of anilines is 1. The van der Waals surface area contributed by atoms with Gasteiger partial charge in [-0.05, 0) is 38.5 Å². The zero-order valence-electron chi connectivity index (χ0n) is 12.0. The van der Waals surface area contributed by atoms with Gasteiger partial charge in [0.1, 0.15) is 0 Å². The molecular formula is C12H22ClN5O. The maximum absolute atomic E-state index is 5.84. The molecule has 108 valence electrons. The van der Waals surface area contributed by atoms with E-state index >= 15 is 0 Å². The van der Waals surface area contributed by atoms with Crippen LogP contribution in [0, 0.1) is 0 Å². The van der Waals surface area contributed by atoms with Crippen molar-refractivity contribution in [2.45, 2.75) is 33.8 Å². The molecule has 0 bridgehead atoms. The van der Waals surface area contributed by atoms with Gasteiger partial charge in [-0.3, -0.25) is 0 Å². The van der Waals surface area contributed by atoms with Crippen LogP contribution in [0.1, 0.15) is 27.7 Å². The van der Waals surface area contributed by atoms with Crippen LogP contribution < -0.4 is 10.1 Å². The smallest absolute Gasteiger partial charge is 0.322 e. The molecule has 0 aliphatic carbocycles. The van der Waals surface area contributed by atoms with Gasteiger partial charge in [-0.25, -0.2) is 0 Å². The topological polar surface area (TPSA) is 63.2 Å². The number of hydrogen-bond acceptors (Lipinski definition) is 6. The fraction of sp³-hybridized carbons (Fsp3) is 0.750. The summed E-state index contributed by atoms with van der Waals surface area (Å²) in [7, 11) is 0. The van der Waals surface area contributed by atoms with Crippen molar-refractivity contribution in [2.75, 3.05) is 31.5 Å². The molecule has 0 fully saturated rings. The van der Waals surface area contributed by atoms with Gasteiger partial charge in [0.25, 0.3) is 0 Å². The van der Waals surface area contributed by atoms with E-state index < -0.39 is 0 Å². The van der Waals surface area contributed by atoms with Gasteiger partial charge < -0.3 is 15.0 Å². The number of hydrogen-bond donors (Lipinski definition) is 1. The molecule has 0 spiro atoms. The Morgan fingerprint density at radius 1 is 1.21 bits per heavy atom. The summed E-state index contributed by atoms with van der Waals surface area (Å²) in [6, 6.07) is 0.250. The Balaban J connectivity index is 2.55. The van der Waals surface area contributed by atoms with Crippen molar-refractivity contribution in [2.24, 2.45) is 0 Å². The molecular weight excluding hydrogens is 266 g/mol. The van der Waals surface area contributed by atoms with Gasteiger partial charge in [-0.15, -0.1) is 0 Å². The molecule has 0 aromatic carbocycles. The van der Waals surface area contributed by atoms with Crippen molar-refractivity contribution in [3.05, 3.63) is 5.28 Å². The standard InChI is InChI=1S/C12H22ClN5O/c1-5-18(6-2)8-7-14-11-15-10(13)16-12(17-11)19-9(3)4/h9H,5-8H2,1-4H3,(H,14,15,16,17). The number of likely N-dealkylation sites (N-methyl/N-ethyl adjacent to an activating group) is 1. The molecule has 6 nitrogen and oxygen atoms in total. The Hall–Kier alpha value is -1.14. The van der Waals surface area contributed by atoms with Crippen LogP contribution in [-0.2, 0) is 0 Å². The van der Waals surface area contributed by atoms with Gasteiger partial charge in [0.05, 0.1) is 6.10 Å². The first-order valence-electron chi connectivity index (χ1n) is 6.59. The normalized spacial score (nSPS) is 11.1. The van der Waals surface area contributed by atoms with Gasteiger partial charge in [0.15, 0.2) is 0 Å². The molecule has 0 unspecified atom stereocenters. The summed E-state index contributed by atoms with van der Waals surface area (Å²) in [4.78, 5) is 14.4. The lowest BCUT2D eigenvalue weighted by Crippen LogP contribution is -2.29. The Labute approximate surface area is 119 Å². The molecule has 1 rings (SSSR count). The summed E-state index contributed by atoms with van der Waals surface area (Å²) in [5.41, 5.74) is 0. The second kappa shape index (κ2) is 8.12. The number of ether oxygens (including phenoxy) is 1. The molecule has 0 amide bonds. The van der Waals surface area contributed by atoms with Gasteiger partial charge in [-0.2, -0.15) is 15.0 Å². The van der Waals surface area contributed by atoms with Crippen LogP contribution in [0.15, 0.2) is 0 Å². The zero-order valence-corrected chi connectivity index (χ0v) is 12.7. The van der Waals surface area contributed by atoms with E-state index in [2.05, 4.69) is 39.0 Å². The van der Waals surface area contributed by atoms with Crippen LogP contribution in [0.4, 0.5) is 5.95 Å². The molecule has 0 saturated carbocycles. The average Bonchev–Trinajstić information content (AvgIpc) is 2.33. The summed E-state index contributed by atoms with van der Waals surface area (Å²) in [5.74, 6) is 0.447. The van der Waals surface area contributed by atoms with Crippen molar-refractivity contribution in [1.29, 1.82) is 0 Å². The minimum atomic E-state index is 0.00184. The van der Waals surface area contributed by atoms with Crippen LogP contribution in [0.5, 0.6) is 6.01 Å². The molecule has 0 saturated heterocycles. The molecule has 7 heteroatoms. The molecule has 0 aliphatic heterocycles. The summed E-state index contributed by atoms with van der Waals surface area (Å²) < 4.78 is 5.41. The number of nitrogens with one attached hydrogen (secondary N) is 1. The molecule has 1 N–H and O–H groups in total. The van der Waals surface area contributed by atoms with Gasteiger partial charge in [0.2, 0.25) is 11.2 Å². The van der Waals surface area contributed by atoms with Crippen molar-refractivity contribution < 1.29 is 4.74 Å². The van der Waals surface area contributed by atoms with Gasteiger partial charge in [-0.1, -0.05) is 13.8 Å². The number of halogens is 1. The van der Waals surface area contributed by atoms with Crippen LogP contribution >= 0.6 is 11.6 Å². The van der Waals surface area contributed by atoms with Crippen LogP contribution in [0.2, 0.25) is 5.28 Å². The molecule has 0 atom stereocenters. The highest BCUT2D eigenvalue weighted by Crippen LogP contribution is 2.12. The predicted molar refractivity (Wildman–Crippen MR) is 76.9 cm³/mol. The van der Waals surface area contributed by atoms with E-state index in [0.29, 0.717) is 5.95 Å². The summed E-state index contributed by atoms with van der Waals surface area (Å²) in [5, 5.41) is 3.27. The lowest BCUT2D eigenvalue weighted by atomic mass is 10.4. The SMILES string of the molecule is CCN(CC)CCNc1nc(Cl)nc(OC(C)C)n1. The van der Waals surface area contributed by atoms with Crippen molar-refractivity contribution >= 4 is 17.5 Å². The lowest BCUT2D eigenvalue weighted by Gasteiger charge is -2.18. The highest BCUT2D eigenvalue weighted by atomic mass is 35.5. The highest BCUT2D eigenvalue weighted by molar-refractivity contribution is 6.28. The quantitative estimate of drug-likeness (QED) is 0.790. The largest absolute Gasteiger partial charge is 0.461 e. The Bertz CT molecular complexity index is 384. The van der Waals surface area contributed by atoms with Crippen LogP contribution in [-0.4, -0.2) is 52.1 Å². The van der Waals surface area contributed by atoms with E-state index in [1.807, 2.05) is 13.8 Å². The third-order valence-electron chi connectivity index (χ3n) is 2.53. The predicted octanol–water partition coefficient (Wildman–Crippen LogP) is 2.07. The third kappa shape index (κ3) is 6.02. The average molecular weight is 288 g/mol. The minimum Gasteiger partial charge on any atom is -0.461 e. The summed E-state index contributed by atoms with van der Waals surface area (Å²) in [6.07, 6.45) is 0.00184. The molecule has 1 aromatic heterocycles. The van der Waals surface area contributed by atoms with Crippen molar-refractivity contribution in [1.82, 2.24) is 19.9 Å². The molecule has 1 heterocycles. The number of rotatable bonds is 8. The zero-order chi connectivity index (χ0) is 14.3. The van der Waals surface area contributed by atoms with Gasteiger partial charge >= 0.3 is 6.01 Å². The van der Waals surface area contributed by atoms with E-state index in [1.54, 1.807) is 0 Å². The fourth-order valence-corrected chi connectivity index (χ4v) is 1.69. The van der Waals surface area contributed by atoms with E-state index in [-0.39, 0.29) is 17.4 Å². The van der Waals surface area contributed by atoms with Crippen LogP contribution in [0.3, 0.4) is 0 Å². The highest BCUT2D eigenvalue weighted by Gasteiger charge is 2.07. The van der Waals surface area contributed by atoms with Gasteiger partial charge in [0, 0.05) is 13.1 Å². The number of nitrogens with zero attached hydrogens (tertiary/aromatic N) is 4. The fourth-order valence-electron chi connectivity index (χ4n) is 1.54. The molecule has 0 aliphatic rings. The summed E-state index contributed by atoms with van der Waals surface area (Å²) in [6.45, 7) is 11.8. The number of aromatic nitrogens is 3. The first-order chi connectivity index (χ1) is 9.05. The Morgan fingerprint density at radius 3 is 2.47 bits per heavy atom. The molecule has 19 heavy (non-hydrogen) atoms. The second-order valence-corrected chi connectivity index (χ2v) is 4.67. The lowest BCUT2D eigenvalue weighted by molar-refractivity contribution is 0.222. The maximum Gasteiger partial charge on any atom is 0.322 e. The van der Waals surface area contributed by atoms with E-state index in [4.69, 9.17) is 16.3 Å². The summed E-state index contributed by atoms with van der Waals surface area (Å²) >= 11 is 5.84. The molecule has 0 radical (unpaired) electrons. The first kappa shape index (κ1) is 15.9. The third-order valence-corrected chi connectivity index (χ3v) is 2.70. The van der Waals surface area contributed by atoms with Crippen molar-refractivity contribution in [3.63, 3.8) is 0 Å². The Morgan fingerprint density at radius 2 is 1.89 bits per heavy atom. The maximum atomic E-state index is 5.84. The molecule has 1 aromatic rings. The monoisotopic (exact) mass is 287 g/mol. The minimum absolute atomic E-state index is 0.00184.